The van der Waals surface area contributed by atoms with Crippen molar-refractivity contribution in [2.75, 3.05) is 10.6 Å². The second-order valence-corrected chi connectivity index (χ2v) is 5.41. The van der Waals surface area contributed by atoms with Crippen molar-refractivity contribution in [2.45, 2.75) is 13.0 Å². The zero-order chi connectivity index (χ0) is 16.8. The van der Waals surface area contributed by atoms with Gasteiger partial charge in [0.05, 0.1) is 11.9 Å². The molecule has 0 spiro atoms. The highest BCUT2D eigenvalue weighted by Gasteiger charge is 2.04. The lowest BCUT2D eigenvalue weighted by atomic mass is 10.0. The summed E-state index contributed by atoms with van der Waals surface area (Å²) >= 11 is 0. The molecule has 6 nitrogen and oxygen atoms in total. The van der Waals surface area contributed by atoms with Crippen molar-refractivity contribution in [1.82, 2.24) is 19.7 Å². The number of aryl methyl sites for hydroxylation is 1. The minimum atomic E-state index is 0.535. The third-order valence-electron chi connectivity index (χ3n) is 3.56. The highest BCUT2D eigenvalue weighted by molar-refractivity contribution is 5.52. The van der Waals surface area contributed by atoms with Gasteiger partial charge >= 0.3 is 0 Å². The van der Waals surface area contributed by atoms with Crippen molar-refractivity contribution in [1.29, 1.82) is 0 Å². The number of nitrogens with one attached hydrogen (secondary N) is 2. The molecule has 0 aliphatic carbocycles. The van der Waals surface area contributed by atoms with Gasteiger partial charge in [0.25, 0.3) is 0 Å². The van der Waals surface area contributed by atoms with Crippen LogP contribution >= 0.6 is 0 Å². The Morgan fingerprint density at radius 3 is 2.79 bits per heavy atom. The molecule has 2 heterocycles. The minimum Gasteiger partial charge on any atom is -0.366 e. The number of nitrogens with zero attached hydrogens (tertiary/aromatic N) is 4. The highest BCUT2D eigenvalue weighted by atomic mass is 15.3. The Balaban J connectivity index is 1.68. The fourth-order valence-electron chi connectivity index (χ4n) is 2.40. The predicted molar refractivity (Wildman–Crippen MR) is 96.2 cm³/mol. The molecule has 0 fully saturated rings. The molecule has 0 saturated carbocycles. The summed E-state index contributed by atoms with van der Waals surface area (Å²) in [7, 11) is 1.87. The average Bonchev–Trinajstić information content (AvgIpc) is 3.00. The van der Waals surface area contributed by atoms with Crippen LogP contribution in [0.3, 0.4) is 0 Å². The van der Waals surface area contributed by atoms with Crippen molar-refractivity contribution in [3.63, 3.8) is 0 Å². The Morgan fingerprint density at radius 1 is 1.21 bits per heavy atom. The Hall–Kier alpha value is -3.15. The Morgan fingerprint density at radius 2 is 2.04 bits per heavy atom. The number of hydrogen-bond donors (Lipinski definition) is 2. The van der Waals surface area contributed by atoms with Crippen LogP contribution in [0.4, 0.5) is 17.5 Å². The molecule has 0 unspecified atom stereocenters. The molecule has 2 aromatic heterocycles. The number of aromatic nitrogens is 4. The Kier molecular flexibility index (Phi) is 4.86. The standard InChI is InChI=1S/C18H20N6/c1-3-6-14-7-4-5-8-15(14)11-20-17-9-10-19-18(23-17)22-16-12-21-24(2)13-16/h3-5,7-10,12-13H,1,6,11H2,2H3,(H2,19,20,22,23). The molecule has 0 radical (unpaired) electrons. The average molecular weight is 320 g/mol. The molecule has 3 rings (SSSR count). The first-order chi connectivity index (χ1) is 11.7. The van der Waals surface area contributed by atoms with Gasteiger partial charge in [0, 0.05) is 26.0 Å². The van der Waals surface area contributed by atoms with Gasteiger partial charge in [0.15, 0.2) is 0 Å². The van der Waals surface area contributed by atoms with Crippen molar-refractivity contribution in [3.05, 3.63) is 72.7 Å². The van der Waals surface area contributed by atoms with Crippen molar-refractivity contribution in [3.8, 4) is 0 Å². The zero-order valence-corrected chi connectivity index (χ0v) is 13.6. The van der Waals surface area contributed by atoms with Crippen LogP contribution in [0.5, 0.6) is 0 Å². The van der Waals surface area contributed by atoms with Gasteiger partial charge in [-0.2, -0.15) is 10.1 Å². The first-order valence-corrected chi connectivity index (χ1v) is 7.75. The minimum absolute atomic E-state index is 0.535. The fourth-order valence-corrected chi connectivity index (χ4v) is 2.40. The van der Waals surface area contributed by atoms with E-state index in [0.29, 0.717) is 12.5 Å². The van der Waals surface area contributed by atoms with Crippen LogP contribution in [0, 0.1) is 0 Å². The Labute approximate surface area is 141 Å². The molecular formula is C18H20N6. The molecule has 2 N–H and O–H groups in total. The molecule has 3 aromatic rings. The van der Waals surface area contributed by atoms with Crippen LogP contribution in [-0.2, 0) is 20.0 Å². The molecule has 0 atom stereocenters. The maximum atomic E-state index is 4.48. The smallest absolute Gasteiger partial charge is 0.229 e. The van der Waals surface area contributed by atoms with Crippen LogP contribution in [0.15, 0.2) is 61.6 Å². The van der Waals surface area contributed by atoms with Gasteiger partial charge in [-0.1, -0.05) is 30.3 Å². The Bertz CT molecular complexity index is 824. The van der Waals surface area contributed by atoms with E-state index in [9.17, 15) is 0 Å². The van der Waals surface area contributed by atoms with E-state index in [1.54, 1.807) is 17.1 Å². The van der Waals surface area contributed by atoms with Crippen LogP contribution in [0.2, 0.25) is 0 Å². The number of benzene rings is 1. The van der Waals surface area contributed by atoms with Crippen LogP contribution < -0.4 is 10.6 Å². The summed E-state index contributed by atoms with van der Waals surface area (Å²) in [6.45, 7) is 4.51. The summed E-state index contributed by atoms with van der Waals surface area (Å²) in [5.74, 6) is 1.30. The lowest BCUT2D eigenvalue weighted by Crippen LogP contribution is -2.05. The van der Waals surface area contributed by atoms with E-state index in [4.69, 9.17) is 0 Å². The first-order valence-electron chi connectivity index (χ1n) is 7.75. The molecule has 24 heavy (non-hydrogen) atoms. The summed E-state index contributed by atoms with van der Waals surface area (Å²) in [4.78, 5) is 8.71. The van der Waals surface area contributed by atoms with Crippen molar-refractivity contribution >= 4 is 17.5 Å². The largest absolute Gasteiger partial charge is 0.366 e. The van der Waals surface area contributed by atoms with Gasteiger partial charge in [-0.15, -0.1) is 6.58 Å². The number of anilines is 3. The summed E-state index contributed by atoms with van der Waals surface area (Å²) in [6.07, 6.45) is 8.10. The van der Waals surface area contributed by atoms with Crippen molar-refractivity contribution in [2.24, 2.45) is 7.05 Å². The van der Waals surface area contributed by atoms with E-state index >= 15 is 0 Å². The fraction of sp³-hybridized carbons (Fsp3) is 0.167. The molecule has 1 aromatic carbocycles. The van der Waals surface area contributed by atoms with E-state index in [0.717, 1.165) is 17.9 Å². The highest BCUT2D eigenvalue weighted by Crippen LogP contribution is 2.15. The number of hydrogen-bond acceptors (Lipinski definition) is 5. The zero-order valence-electron chi connectivity index (χ0n) is 13.6. The summed E-state index contributed by atoms with van der Waals surface area (Å²) in [6, 6.07) is 10.2. The van der Waals surface area contributed by atoms with Crippen molar-refractivity contribution < 1.29 is 0 Å². The third kappa shape index (κ3) is 3.98. The maximum absolute atomic E-state index is 4.48. The second kappa shape index (κ2) is 7.41. The summed E-state index contributed by atoms with van der Waals surface area (Å²) in [5, 5.41) is 10.6. The molecular weight excluding hydrogens is 300 g/mol. The molecule has 0 amide bonds. The molecule has 0 saturated heterocycles. The van der Waals surface area contributed by atoms with Gasteiger partial charge in [-0.05, 0) is 23.6 Å². The topological polar surface area (TPSA) is 67.7 Å². The second-order valence-electron chi connectivity index (χ2n) is 5.41. The normalized spacial score (nSPS) is 10.4. The predicted octanol–water partition coefficient (Wildman–Crippen LogP) is 3.29. The molecule has 0 aliphatic rings. The van der Waals surface area contributed by atoms with E-state index < -0.39 is 0 Å². The summed E-state index contributed by atoms with van der Waals surface area (Å²) < 4.78 is 1.72. The monoisotopic (exact) mass is 320 g/mol. The van der Waals surface area contributed by atoms with E-state index in [1.807, 2.05) is 37.5 Å². The quantitative estimate of drug-likeness (QED) is 0.654. The lowest BCUT2D eigenvalue weighted by Gasteiger charge is -2.10. The van der Waals surface area contributed by atoms with E-state index in [2.05, 4.69) is 44.4 Å². The molecule has 0 bridgehead atoms. The van der Waals surface area contributed by atoms with Crippen LogP contribution in [0.1, 0.15) is 11.1 Å². The van der Waals surface area contributed by atoms with E-state index in [-0.39, 0.29) is 0 Å². The SMILES string of the molecule is C=CCc1ccccc1CNc1ccnc(Nc2cnn(C)c2)n1. The first kappa shape index (κ1) is 15.7. The lowest BCUT2D eigenvalue weighted by molar-refractivity contribution is 0.768. The third-order valence-corrected chi connectivity index (χ3v) is 3.56. The number of rotatable bonds is 7. The van der Waals surface area contributed by atoms with Crippen LogP contribution in [0.25, 0.3) is 0 Å². The summed E-state index contributed by atoms with van der Waals surface area (Å²) in [5.41, 5.74) is 3.35. The molecule has 122 valence electrons. The number of allylic oxidation sites excluding steroid dienone is 1. The molecule has 6 heteroatoms. The van der Waals surface area contributed by atoms with Gasteiger partial charge in [-0.25, -0.2) is 4.98 Å². The van der Waals surface area contributed by atoms with Gasteiger partial charge in [0.2, 0.25) is 5.95 Å². The molecule has 0 aliphatic heterocycles. The maximum Gasteiger partial charge on any atom is 0.229 e. The van der Waals surface area contributed by atoms with Crippen LogP contribution in [-0.4, -0.2) is 19.7 Å². The van der Waals surface area contributed by atoms with E-state index in [1.165, 1.54) is 11.1 Å². The van der Waals surface area contributed by atoms with Gasteiger partial charge in [-0.3, -0.25) is 4.68 Å². The van der Waals surface area contributed by atoms with Gasteiger partial charge in [0.1, 0.15) is 5.82 Å². The van der Waals surface area contributed by atoms with Gasteiger partial charge < -0.3 is 10.6 Å².